The maximum absolute atomic E-state index is 13.6. The van der Waals surface area contributed by atoms with Crippen LogP contribution in [0.2, 0.25) is 0 Å². The molecule has 1 fully saturated rings. The number of rotatable bonds is 3. The van der Waals surface area contributed by atoms with Crippen LogP contribution in [0.25, 0.3) is 0 Å². The Morgan fingerprint density at radius 3 is 2.61 bits per heavy atom. The number of halogens is 2. The van der Waals surface area contributed by atoms with Crippen molar-refractivity contribution in [2.75, 3.05) is 13.1 Å². The van der Waals surface area contributed by atoms with Crippen molar-refractivity contribution in [3.05, 3.63) is 33.1 Å². The Morgan fingerprint density at radius 1 is 1.39 bits per heavy atom. The number of hydrogen-bond acceptors (Lipinski definition) is 2. The fourth-order valence-electron chi connectivity index (χ4n) is 1.94. The smallest absolute Gasteiger partial charge is 0.129 e. The molecule has 18 heavy (non-hydrogen) atoms. The zero-order chi connectivity index (χ0) is 13.3. The molecule has 0 unspecified atom stereocenters. The Morgan fingerprint density at radius 2 is 2.06 bits per heavy atom. The minimum absolute atomic E-state index is 0.172. The van der Waals surface area contributed by atoms with Crippen molar-refractivity contribution in [1.29, 1.82) is 0 Å². The minimum Gasteiger partial charge on any atom is -0.371 e. The van der Waals surface area contributed by atoms with Gasteiger partial charge in [0.15, 0.2) is 0 Å². The number of likely N-dealkylation sites (tertiary alicyclic amines) is 1. The maximum Gasteiger partial charge on any atom is 0.129 e. The predicted octanol–water partition coefficient (Wildman–Crippen LogP) is 3.43. The third-order valence-corrected chi connectivity index (χ3v) is 3.96. The van der Waals surface area contributed by atoms with Crippen LogP contribution in [-0.2, 0) is 11.3 Å². The van der Waals surface area contributed by atoms with Crippen LogP contribution in [-0.4, -0.2) is 29.6 Å². The summed E-state index contributed by atoms with van der Waals surface area (Å²) in [6, 6.07) is 5.25. The van der Waals surface area contributed by atoms with Crippen molar-refractivity contribution in [2.45, 2.75) is 39.0 Å². The summed E-state index contributed by atoms with van der Waals surface area (Å²) in [6.45, 7) is 8.84. The van der Waals surface area contributed by atoms with Crippen molar-refractivity contribution in [1.82, 2.24) is 4.90 Å². The van der Waals surface area contributed by atoms with Gasteiger partial charge in [0.1, 0.15) is 5.82 Å². The summed E-state index contributed by atoms with van der Waals surface area (Å²) in [4.78, 5) is 2.36. The van der Waals surface area contributed by atoms with Crippen molar-refractivity contribution < 1.29 is 9.13 Å². The van der Waals surface area contributed by atoms with E-state index in [4.69, 9.17) is 4.74 Å². The first-order chi connectivity index (χ1) is 8.36. The normalized spacial score (nSPS) is 17.8. The highest BCUT2D eigenvalue weighted by Crippen LogP contribution is 2.24. The second-order valence-electron chi connectivity index (χ2n) is 5.74. The molecule has 2 nitrogen and oxygen atoms in total. The number of ether oxygens (including phenoxy) is 1. The Balaban J connectivity index is 1.80. The molecule has 1 aliphatic rings. The Bertz CT molecular complexity index is 424. The quantitative estimate of drug-likeness (QED) is 0.763. The molecule has 2 rings (SSSR count). The summed E-state index contributed by atoms with van der Waals surface area (Å²) < 4.78 is 20.2. The molecule has 100 valence electrons. The summed E-state index contributed by atoms with van der Waals surface area (Å²) in [6.07, 6.45) is 0.239. The van der Waals surface area contributed by atoms with Crippen LogP contribution in [0.15, 0.2) is 18.2 Å². The summed E-state index contributed by atoms with van der Waals surface area (Å²) in [5.41, 5.74) is 0.846. The second kappa shape index (κ2) is 5.43. The van der Waals surface area contributed by atoms with E-state index in [1.165, 1.54) is 0 Å². The molecule has 0 N–H and O–H groups in total. The molecule has 4 heteroatoms. The number of hydrogen-bond donors (Lipinski definition) is 0. The van der Waals surface area contributed by atoms with Crippen LogP contribution in [0, 0.1) is 9.39 Å². The molecular weight excluding hydrogens is 344 g/mol. The van der Waals surface area contributed by atoms with E-state index in [1.54, 1.807) is 12.1 Å². The van der Waals surface area contributed by atoms with Crippen molar-refractivity contribution in [3.63, 3.8) is 0 Å². The van der Waals surface area contributed by atoms with Gasteiger partial charge in [0.25, 0.3) is 0 Å². The molecule has 1 aliphatic heterocycles. The lowest BCUT2D eigenvalue weighted by Gasteiger charge is -2.47. The summed E-state index contributed by atoms with van der Waals surface area (Å²) in [5, 5.41) is 0. The number of nitrogens with zero attached hydrogens (tertiary/aromatic N) is 1. The molecule has 0 saturated carbocycles. The van der Waals surface area contributed by atoms with Gasteiger partial charge in [-0.1, -0.05) is 6.07 Å². The lowest BCUT2D eigenvalue weighted by molar-refractivity contribution is -0.0955. The summed E-state index contributed by atoms with van der Waals surface area (Å²) in [5.74, 6) is -0.172. The van der Waals surface area contributed by atoms with Crippen molar-refractivity contribution >= 4 is 22.6 Å². The largest absolute Gasteiger partial charge is 0.371 e. The molecular formula is C14H19FINO. The van der Waals surface area contributed by atoms with E-state index in [-0.39, 0.29) is 17.5 Å². The topological polar surface area (TPSA) is 12.5 Å². The zero-order valence-electron chi connectivity index (χ0n) is 11.0. The van der Waals surface area contributed by atoms with Gasteiger partial charge in [-0.25, -0.2) is 4.39 Å². The summed E-state index contributed by atoms with van der Waals surface area (Å²) >= 11 is 2.11. The molecule has 1 aromatic rings. The Hall–Kier alpha value is -0.200. The zero-order valence-corrected chi connectivity index (χ0v) is 13.2. The lowest BCUT2D eigenvalue weighted by Crippen LogP contribution is -2.59. The van der Waals surface area contributed by atoms with Gasteiger partial charge in [0.05, 0.1) is 12.7 Å². The second-order valence-corrected chi connectivity index (χ2v) is 6.99. The van der Waals surface area contributed by atoms with Crippen LogP contribution < -0.4 is 0 Å². The molecule has 0 bridgehead atoms. The molecule has 0 radical (unpaired) electrons. The van der Waals surface area contributed by atoms with Crippen molar-refractivity contribution in [3.8, 4) is 0 Å². The van der Waals surface area contributed by atoms with E-state index in [2.05, 4.69) is 48.3 Å². The van der Waals surface area contributed by atoms with Crippen LogP contribution in [0.1, 0.15) is 26.3 Å². The molecule has 0 amide bonds. The van der Waals surface area contributed by atoms with Gasteiger partial charge in [0, 0.05) is 27.8 Å². The molecule has 1 aromatic carbocycles. The lowest BCUT2D eigenvalue weighted by atomic mass is 9.99. The maximum atomic E-state index is 13.6. The first-order valence-electron chi connectivity index (χ1n) is 6.17. The number of benzene rings is 1. The first kappa shape index (κ1) is 14.2. The monoisotopic (exact) mass is 363 g/mol. The van der Waals surface area contributed by atoms with Crippen LogP contribution in [0.3, 0.4) is 0 Å². The van der Waals surface area contributed by atoms with Gasteiger partial charge >= 0.3 is 0 Å². The van der Waals surface area contributed by atoms with Crippen molar-refractivity contribution in [2.24, 2.45) is 0 Å². The van der Waals surface area contributed by atoms with Gasteiger partial charge in [-0.15, -0.1) is 0 Å². The summed E-state index contributed by atoms with van der Waals surface area (Å²) in [7, 11) is 0. The molecule has 0 atom stereocenters. The third kappa shape index (κ3) is 3.42. The predicted molar refractivity (Wildman–Crippen MR) is 79.0 cm³/mol. The fraction of sp³-hybridized carbons (Fsp3) is 0.571. The SMILES string of the molecule is CC(C)(C)N1CC(OCc2ccc(I)cc2F)C1. The van der Waals surface area contributed by atoms with Gasteiger partial charge in [-0.05, 0) is 55.5 Å². The highest BCUT2D eigenvalue weighted by molar-refractivity contribution is 14.1. The average molecular weight is 363 g/mol. The fourth-order valence-corrected chi connectivity index (χ4v) is 2.39. The van der Waals surface area contributed by atoms with Gasteiger partial charge in [-0.2, -0.15) is 0 Å². The van der Waals surface area contributed by atoms with Gasteiger partial charge < -0.3 is 4.74 Å². The van der Waals surface area contributed by atoms with E-state index in [9.17, 15) is 4.39 Å². The van der Waals surface area contributed by atoms with E-state index in [1.807, 2.05) is 6.07 Å². The molecule has 0 aromatic heterocycles. The molecule has 0 aliphatic carbocycles. The standard InChI is InChI=1S/C14H19FINO/c1-14(2,3)17-7-12(8-17)18-9-10-4-5-11(16)6-13(10)15/h4-6,12H,7-9H2,1-3H3. The third-order valence-electron chi connectivity index (χ3n) is 3.29. The molecule has 0 spiro atoms. The molecule has 1 saturated heterocycles. The van der Waals surface area contributed by atoms with Crippen LogP contribution >= 0.6 is 22.6 Å². The van der Waals surface area contributed by atoms with E-state index in [0.717, 1.165) is 16.7 Å². The minimum atomic E-state index is -0.172. The van der Waals surface area contributed by atoms with Crippen LogP contribution in [0.5, 0.6) is 0 Å². The molecule has 1 heterocycles. The van der Waals surface area contributed by atoms with Gasteiger partial charge in [-0.3, -0.25) is 4.90 Å². The van der Waals surface area contributed by atoms with E-state index >= 15 is 0 Å². The Labute approximate surface area is 122 Å². The highest BCUT2D eigenvalue weighted by atomic mass is 127. The average Bonchev–Trinajstić information content (AvgIpc) is 2.16. The van der Waals surface area contributed by atoms with E-state index in [0.29, 0.717) is 12.2 Å². The van der Waals surface area contributed by atoms with Gasteiger partial charge in [0.2, 0.25) is 0 Å². The first-order valence-corrected chi connectivity index (χ1v) is 7.25. The van der Waals surface area contributed by atoms with Crippen LogP contribution in [0.4, 0.5) is 4.39 Å². The Kier molecular flexibility index (Phi) is 4.29. The van der Waals surface area contributed by atoms with E-state index < -0.39 is 0 Å². The highest BCUT2D eigenvalue weighted by Gasteiger charge is 2.34.